The highest BCUT2D eigenvalue weighted by molar-refractivity contribution is 5.90. The van der Waals surface area contributed by atoms with E-state index in [1.54, 1.807) is 6.92 Å². The number of aromatic nitrogens is 2. The van der Waals surface area contributed by atoms with Crippen LogP contribution in [-0.4, -0.2) is 22.6 Å². The molecule has 0 aliphatic rings. The first-order chi connectivity index (χ1) is 6.27. The molecule has 0 unspecified atom stereocenters. The Bertz CT molecular complexity index is 339. The number of carbonyl (C=O) groups excluding carboxylic acids is 1. The van der Waals surface area contributed by atoms with E-state index in [1.165, 1.54) is 0 Å². The quantitative estimate of drug-likeness (QED) is 0.700. The van der Waals surface area contributed by atoms with E-state index in [9.17, 15) is 4.79 Å². The number of amides is 1. The van der Waals surface area contributed by atoms with Gasteiger partial charge in [0.1, 0.15) is 6.42 Å². The SMILES string of the molecule is CCNC(=O)c1noc(CC#N)n1. The number of nitriles is 1. The van der Waals surface area contributed by atoms with E-state index in [1.807, 2.05) is 6.07 Å². The van der Waals surface area contributed by atoms with Gasteiger partial charge in [-0.25, -0.2) is 0 Å². The first kappa shape index (κ1) is 9.19. The van der Waals surface area contributed by atoms with Gasteiger partial charge in [-0.3, -0.25) is 4.79 Å². The third-order valence-corrected chi connectivity index (χ3v) is 1.24. The summed E-state index contributed by atoms with van der Waals surface area (Å²) >= 11 is 0. The Balaban J connectivity index is 2.69. The van der Waals surface area contributed by atoms with Crippen LogP contribution in [0.1, 0.15) is 23.4 Å². The first-order valence-electron chi connectivity index (χ1n) is 3.75. The van der Waals surface area contributed by atoms with Crippen molar-refractivity contribution in [2.45, 2.75) is 13.3 Å². The van der Waals surface area contributed by atoms with Crippen LogP contribution in [0, 0.1) is 11.3 Å². The molecule has 0 aromatic carbocycles. The minimum absolute atomic E-state index is 0.0202. The second-order valence-electron chi connectivity index (χ2n) is 2.21. The van der Waals surface area contributed by atoms with Crippen LogP contribution in [0.25, 0.3) is 0 Å². The first-order valence-corrected chi connectivity index (χ1v) is 3.75. The minimum Gasteiger partial charge on any atom is -0.349 e. The molecule has 0 bridgehead atoms. The molecular weight excluding hydrogens is 172 g/mol. The second-order valence-corrected chi connectivity index (χ2v) is 2.21. The Hall–Kier alpha value is -1.90. The minimum atomic E-state index is -0.393. The molecule has 0 fully saturated rings. The summed E-state index contributed by atoms with van der Waals surface area (Å²) in [7, 11) is 0. The van der Waals surface area contributed by atoms with E-state index in [0.717, 1.165) is 0 Å². The van der Waals surface area contributed by atoms with Crippen molar-refractivity contribution >= 4 is 5.91 Å². The van der Waals surface area contributed by atoms with E-state index < -0.39 is 5.91 Å². The van der Waals surface area contributed by atoms with Crippen molar-refractivity contribution in [2.24, 2.45) is 0 Å². The molecule has 6 heteroatoms. The van der Waals surface area contributed by atoms with E-state index in [2.05, 4.69) is 20.0 Å². The fraction of sp³-hybridized carbons (Fsp3) is 0.429. The molecular formula is C7H8N4O2. The van der Waals surface area contributed by atoms with Crippen molar-refractivity contribution in [3.63, 3.8) is 0 Å². The fourth-order valence-corrected chi connectivity index (χ4v) is 0.726. The lowest BCUT2D eigenvalue weighted by Crippen LogP contribution is -2.23. The molecule has 6 nitrogen and oxygen atoms in total. The molecule has 0 aliphatic carbocycles. The Morgan fingerprint density at radius 1 is 1.77 bits per heavy atom. The number of nitrogens with zero attached hydrogens (tertiary/aromatic N) is 3. The summed E-state index contributed by atoms with van der Waals surface area (Å²) in [5.41, 5.74) is 0. The molecule has 68 valence electrons. The summed E-state index contributed by atoms with van der Waals surface area (Å²) < 4.78 is 4.63. The smallest absolute Gasteiger partial charge is 0.292 e. The van der Waals surface area contributed by atoms with Gasteiger partial charge in [0, 0.05) is 6.54 Å². The molecule has 0 atom stereocenters. The molecule has 0 spiro atoms. The highest BCUT2D eigenvalue weighted by Crippen LogP contribution is 1.97. The maximum absolute atomic E-state index is 11.1. The number of rotatable bonds is 3. The van der Waals surface area contributed by atoms with Crippen molar-refractivity contribution in [3.8, 4) is 6.07 Å². The van der Waals surface area contributed by atoms with Gasteiger partial charge in [-0.1, -0.05) is 5.16 Å². The van der Waals surface area contributed by atoms with Crippen molar-refractivity contribution in [2.75, 3.05) is 6.54 Å². The molecule has 0 aliphatic heterocycles. The average molecular weight is 180 g/mol. The number of nitrogens with one attached hydrogen (secondary N) is 1. The summed E-state index contributed by atoms with van der Waals surface area (Å²) in [6.45, 7) is 2.29. The Kier molecular flexibility index (Phi) is 2.97. The van der Waals surface area contributed by atoms with Crippen LogP contribution >= 0.6 is 0 Å². The zero-order valence-electron chi connectivity index (χ0n) is 7.07. The molecule has 1 aromatic rings. The highest BCUT2D eigenvalue weighted by Gasteiger charge is 2.12. The van der Waals surface area contributed by atoms with Gasteiger partial charge in [0.15, 0.2) is 0 Å². The summed E-state index contributed by atoms with van der Waals surface area (Å²) in [5, 5.41) is 14.2. The lowest BCUT2D eigenvalue weighted by molar-refractivity contribution is 0.0942. The summed E-state index contributed by atoms with van der Waals surface area (Å²) in [5.74, 6) is -0.272. The molecule has 1 aromatic heterocycles. The summed E-state index contributed by atoms with van der Waals surface area (Å²) in [4.78, 5) is 14.8. The van der Waals surface area contributed by atoms with Crippen LogP contribution in [0.5, 0.6) is 0 Å². The predicted octanol–water partition coefficient (Wildman–Crippen LogP) is -0.115. The van der Waals surface area contributed by atoms with Crippen molar-refractivity contribution in [1.29, 1.82) is 5.26 Å². The van der Waals surface area contributed by atoms with Gasteiger partial charge in [-0.05, 0) is 6.92 Å². The van der Waals surface area contributed by atoms with Crippen LogP contribution in [0.3, 0.4) is 0 Å². The topological polar surface area (TPSA) is 91.8 Å². The van der Waals surface area contributed by atoms with Crippen molar-refractivity contribution in [1.82, 2.24) is 15.5 Å². The Morgan fingerprint density at radius 3 is 3.15 bits per heavy atom. The number of hydrogen-bond acceptors (Lipinski definition) is 5. The van der Waals surface area contributed by atoms with E-state index in [0.29, 0.717) is 6.54 Å². The summed E-state index contributed by atoms with van der Waals surface area (Å²) in [6.07, 6.45) is 0.0202. The van der Waals surface area contributed by atoms with Gasteiger partial charge in [0.2, 0.25) is 5.89 Å². The van der Waals surface area contributed by atoms with E-state index in [-0.39, 0.29) is 18.1 Å². The standard InChI is InChI=1S/C7H8N4O2/c1-2-9-7(12)6-10-5(3-4-8)13-11-6/h2-3H2,1H3,(H,9,12). The monoisotopic (exact) mass is 180 g/mol. The number of carbonyl (C=O) groups is 1. The largest absolute Gasteiger partial charge is 0.349 e. The van der Waals surface area contributed by atoms with Crippen molar-refractivity contribution in [3.05, 3.63) is 11.7 Å². The highest BCUT2D eigenvalue weighted by atomic mass is 16.5. The van der Waals surface area contributed by atoms with Crippen LogP contribution in [0.2, 0.25) is 0 Å². The molecule has 0 saturated heterocycles. The molecule has 1 rings (SSSR count). The zero-order chi connectivity index (χ0) is 9.68. The predicted molar refractivity (Wildman–Crippen MR) is 41.6 cm³/mol. The van der Waals surface area contributed by atoms with Gasteiger partial charge in [0.05, 0.1) is 6.07 Å². The number of hydrogen-bond donors (Lipinski definition) is 1. The lowest BCUT2D eigenvalue weighted by atomic mass is 10.5. The third-order valence-electron chi connectivity index (χ3n) is 1.24. The second kappa shape index (κ2) is 4.21. The Morgan fingerprint density at radius 2 is 2.54 bits per heavy atom. The zero-order valence-corrected chi connectivity index (χ0v) is 7.07. The van der Waals surface area contributed by atoms with E-state index >= 15 is 0 Å². The van der Waals surface area contributed by atoms with Gasteiger partial charge < -0.3 is 9.84 Å². The van der Waals surface area contributed by atoms with Gasteiger partial charge >= 0.3 is 0 Å². The molecule has 1 N–H and O–H groups in total. The average Bonchev–Trinajstić information content (AvgIpc) is 2.54. The molecule has 0 saturated carbocycles. The third kappa shape index (κ3) is 2.27. The lowest BCUT2D eigenvalue weighted by Gasteiger charge is -1.93. The van der Waals surface area contributed by atoms with Gasteiger partial charge in [0.25, 0.3) is 11.7 Å². The van der Waals surface area contributed by atoms with Crippen LogP contribution in [0.15, 0.2) is 4.52 Å². The van der Waals surface area contributed by atoms with Crippen LogP contribution in [0.4, 0.5) is 0 Å². The van der Waals surface area contributed by atoms with E-state index in [4.69, 9.17) is 5.26 Å². The Labute approximate surface area is 74.5 Å². The summed E-state index contributed by atoms with van der Waals surface area (Å²) in [6, 6.07) is 1.84. The molecule has 1 amide bonds. The maximum Gasteiger partial charge on any atom is 0.292 e. The molecule has 13 heavy (non-hydrogen) atoms. The van der Waals surface area contributed by atoms with Crippen LogP contribution < -0.4 is 5.32 Å². The van der Waals surface area contributed by atoms with Crippen LogP contribution in [-0.2, 0) is 6.42 Å². The normalized spacial score (nSPS) is 9.23. The van der Waals surface area contributed by atoms with Gasteiger partial charge in [-0.2, -0.15) is 10.2 Å². The maximum atomic E-state index is 11.1. The molecule has 1 heterocycles. The van der Waals surface area contributed by atoms with Gasteiger partial charge in [-0.15, -0.1) is 0 Å². The molecule has 0 radical (unpaired) electrons. The fourth-order valence-electron chi connectivity index (χ4n) is 0.726. The van der Waals surface area contributed by atoms with Crippen molar-refractivity contribution < 1.29 is 9.32 Å².